The Hall–Kier alpha value is -2.02. The summed E-state index contributed by atoms with van der Waals surface area (Å²) in [7, 11) is 0. The lowest BCUT2D eigenvalue weighted by molar-refractivity contribution is 0.509. The van der Waals surface area contributed by atoms with Gasteiger partial charge in [-0.25, -0.2) is 13.3 Å². The fraction of sp³-hybridized carbons (Fsp3) is 0.0909. The molecule has 0 saturated heterocycles. The van der Waals surface area contributed by atoms with Crippen molar-refractivity contribution in [2.24, 2.45) is 0 Å². The first-order valence-electron chi connectivity index (χ1n) is 5.13. The van der Waals surface area contributed by atoms with Gasteiger partial charge in [0, 0.05) is 10.4 Å². The van der Waals surface area contributed by atoms with Gasteiger partial charge in [-0.2, -0.15) is 4.98 Å². The largest absolute Gasteiger partial charge is 0.366 e. The Morgan fingerprint density at radius 2 is 2.06 bits per heavy atom. The molecule has 4 nitrogen and oxygen atoms in total. The predicted octanol–water partition coefficient (Wildman–Crippen LogP) is 2.63. The van der Waals surface area contributed by atoms with Gasteiger partial charge >= 0.3 is 0 Å². The van der Waals surface area contributed by atoms with Gasteiger partial charge in [-0.1, -0.05) is 11.3 Å². The molecule has 3 rings (SSSR count). The van der Waals surface area contributed by atoms with E-state index in [1.807, 2.05) is 6.92 Å². The van der Waals surface area contributed by atoms with Crippen molar-refractivity contribution in [3.05, 3.63) is 34.7 Å². The average Bonchev–Trinajstić information content (AvgIpc) is 2.77. The topological polar surface area (TPSA) is 56.2 Å². The van der Waals surface area contributed by atoms with Crippen molar-refractivity contribution in [1.29, 1.82) is 0 Å². The lowest BCUT2D eigenvalue weighted by atomic mass is 10.1. The van der Waals surface area contributed by atoms with E-state index in [0.717, 1.165) is 17.0 Å². The van der Waals surface area contributed by atoms with Gasteiger partial charge in [0.25, 0.3) is 0 Å². The lowest BCUT2D eigenvalue weighted by Crippen LogP contribution is -1.94. The Kier molecular flexibility index (Phi) is 2.30. The number of fused-ring (bicyclic) bond motifs is 1. The normalized spacial score (nSPS) is 11.3. The quantitative estimate of drug-likeness (QED) is 0.736. The molecule has 2 heterocycles. The highest BCUT2D eigenvalue weighted by atomic mass is 32.1. The standard InChI is InChI=1S/C11H8F2N4S/c1-5-9(6-2-3-7(12)8(13)4-6)17-11(18-5)15-10(14)16-17/h2-4H,1H3,(H2,14,16). The molecule has 0 bridgehead atoms. The summed E-state index contributed by atoms with van der Waals surface area (Å²) in [5, 5.41) is 4.04. The number of aromatic nitrogens is 3. The smallest absolute Gasteiger partial charge is 0.241 e. The number of nitrogens with two attached hydrogens (primary N) is 1. The highest BCUT2D eigenvalue weighted by molar-refractivity contribution is 7.17. The van der Waals surface area contributed by atoms with Crippen LogP contribution >= 0.6 is 11.3 Å². The number of thiazole rings is 1. The number of nitrogen functional groups attached to an aromatic ring is 1. The SMILES string of the molecule is Cc1sc2nc(N)nn2c1-c1ccc(F)c(F)c1. The van der Waals surface area contributed by atoms with Crippen LogP contribution in [0.4, 0.5) is 14.7 Å². The monoisotopic (exact) mass is 266 g/mol. The van der Waals surface area contributed by atoms with Crippen molar-refractivity contribution in [1.82, 2.24) is 14.6 Å². The number of benzene rings is 1. The highest BCUT2D eigenvalue weighted by Crippen LogP contribution is 2.31. The third kappa shape index (κ3) is 1.55. The van der Waals surface area contributed by atoms with Crippen molar-refractivity contribution in [3.8, 4) is 11.3 Å². The zero-order chi connectivity index (χ0) is 12.9. The molecule has 92 valence electrons. The number of hydrogen-bond acceptors (Lipinski definition) is 4. The molecule has 0 saturated carbocycles. The number of anilines is 1. The fourth-order valence-electron chi connectivity index (χ4n) is 1.83. The summed E-state index contributed by atoms with van der Waals surface area (Å²) < 4.78 is 27.7. The molecule has 0 spiro atoms. The van der Waals surface area contributed by atoms with Crippen LogP contribution in [0, 0.1) is 18.6 Å². The number of halogens is 2. The second-order valence-electron chi connectivity index (χ2n) is 3.80. The summed E-state index contributed by atoms with van der Waals surface area (Å²) in [5.41, 5.74) is 6.74. The van der Waals surface area contributed by atoms with E-state index in [-0.39, 0.29) is 5.95 Å². The van der Waals surface area contributed by atoms with Crippen LogP contribution in [0.2, 0.25) is 0 Å². The summed E-state index contributed by atoms with van der Waals surface area (Å²) in [6.07, 6.45) is 0. The minimum Gasteiger partial charge on any atom is -0.366 e. The summed E-state index contributed by atoms with van der Waals surface area (Å²) in [5.74, 6) is -1.61. The maximum absolute atomic E-state index is 13.3. The van der Waals surface area contributed by atoms with Crippen LogP contribution in [0.1, 0.15) is 4.88 Å². The molecular formula is C11H8F2N4S. The van der Waals surface area contributed by atoms with E-state index in [9.17, 15) is 8.78 Å². The first-order valence-corrected chi connectivity index (χ1v) is 5.95. The Bertz CT molecular complexity index is 747. The minimum absolute atomic E-state index is 0.157. The third-order valence-electron chi connectivity index (χ3n) is 2.58. The first-order chi connectivity index (χ1) is 8.56. The first kappa shape index (κ1) is 11.1. The number of rotatable bonds is 1. The molecule has 2 aromatic heterocycles. The van der Waals surface area contributed by atoms with Crippen molar-refractivity contribution in [2.45, 2.75) is 6.92 Å². The van der Waals surface area contributed by atoms with E-state index < -0.39 is 11.6 Å². The van der Waals surface area contributed by atoms with Crippen LogP contribution in [0.15, 0.2) is 18.2 Å². The van der Waals surface area contributed by atoms with Gasteiger partial charge in [-0.05, 0) is 25.1 Å². The molecular weight excluding hydrogens is 258 g/mol. The highest BCUT2D eigenvalue weighted by Gasteiger charge is 2.15. The van der Waals surface area contributed by atoms with Crippen LogP contribution in [-0.2, 0) is 0 Å². The molecule has 0 radical (unpaired) electrons. The molecule has 0 aliphatic heterocycles. The zero-order valence-corrected chi connectivity index (χ0v) is 10.1. The second-order valence-corrected chi connectivity index (χ2v) is 4.98. The number of nitrogens with zero attached hydrogens (tertiary/aromatic N) is 3. The van der Waals surface area contributed by atoms with Crippen molar-refractivity contribution in [3.63, 3.8) is 0 Å². The van der Waals surface area contributed by atoms with Crippen LogP contribution < -0.4 is 5.73 Å². The van der Waals surface area contributed by atoms with Crippen LogP contribution in [0.3, 0.4) is 0 Å². The Balaban J connectivity index is 2.29. The van der Waals surface area contributed by atoms with Crippen LogP contribution in [-0.4, -0.2) is 14.6 Å². The maximum atomic E-state index is 13.3. The molecule has 1 aromatic carbocycles. The third-order valence-corrected chi connectivity index (χ3v) is 3.52. The van der Waals surface area contributed by atoms with Gasteiger partial charge in [-0.15, -0.1) is 5.10 Å². The van der Waals surface area contributed by atoms with Gasteiger partial charge in [-0.3, -0.25) is 0 Å². The minimum atomic E-state index is -0.890. The summed E-state index contributed by atoms with van der Waals surface area (Å²) in [6, 6.07) is 3.74. The predicted molar refractivity (Wildman–Crippen MR) is 65.4 cm³/mol. The van der Waals surface area contributed by atoms with E-state index in [2.05, 4.69) is 10.1 Å². The summed E-state index contributed by atoms with van der Waals surface area (Å²) >= 11 is 1.40. The Morgan fingerprint density at radius 1 is 1.28 bits per heavy atom. The summed E-state index contributed by atoms with van der Waals surface area (Å²) in [6.45, 7) is 1.87. The van der Waals surface area contributed by atoms with Crippen molar-refractivity contribution < 1.29 is 8.78 Å². The zero-order valence-electron chi connectivity index (χ0n) is 9.32. The molecule has 7 heteroatoms. The van der Waals surface area contributed by atoms with Gasteiger partial charge in [0.05, 0.1) is 5.69 Å². The number of aryl methyl sites for hydroxylation is 1. The molecule has 0 fully saturated rings. The summed E-state index contributed by atoms with van der Waals surface area (Å²) in [4.78, 5) is 5.58. The van der Waals surface area contributed by atoms with E-state index in [1.165, 1.54) is 17.4 Å². The molecule has 0 amide bonds. The fourth-order valence-corrected chi connectivity index (χ4v) is 2.76. The molecule has 0 unspecified atom stereocenters. The molecule has 0 atom stereocenters. The Morgan fingerprint density at radius 3 is 2.78 bits per heavy atom. The van der Waals surface area contributed by atoms with E-state index in [1.54, 1.807) is 4.52 Å². The van der Waals surface area contributed by atoms with Crippen LogP contribution in [0.5, 0.6) is 0 Å². The van der Waals surface area contributed by atoms with Gasteiger partial charge in [0.2, 0.25) is 10.9 Å². The molecule has 18 heavy (non-hydrogen) atoms. The van der Waals surface area contributed by atoms with E-state index in [4.69, 9.17) is 5.73 Å². The van der Waals surface area contributed by atoms with Crippen molar-refractivity contribution in [2.75, 3.05) is 5.73 Å². The molecule has 2 N–H and O–H groups in total. The molecule has 0 aliphatic carbocycles. The van der Waals surface area contributed by atoms with Gasteiger partial charge < -0.3 is 5.73 Å². The van der Waals surface area contributed by atoms with Crippen molar-refractivity contribution >= 4 is 22.2 Å². The second kappa shape index (κ2) is 3.74. The maximum Gasteiger partial charge on any atom is 0.241 e. The lowest BCUT2D eigenvalue weighted by Gasteiger charge is -2.01. The molecule has 3 aromatic rings. The van der Waals surface area contributed by atoms with Gasteiger partial charge in [0.1, 0.15) is 0 Å². The van der Waals surface area contributed by atoms with Crippen LogP contribution in [0.25, 0.3) is 16.2 Å². The Labute approximate surface area is 105 Å². The van der Waals surface area contributed by atoms with E-state index in [0.29, 0.717) is 16.2 Å². The molecule has 0 aliphatic rings. The average molecular weight is 266 g/mol. The van der Waals surface area contributed by atoms with E-state index >= 15 is 0 Å². The van der Waals surface area contributed by atoms with Gasteiger partial charge in [0.15, 0.2) is 11.6 Å². The number of hydrogen-bond donors (Lipinski definition) is 1.